The minimum atomic E-state index is -1.95. The second-order valence-corrected chi connectivity index (χ2v) is 3.30. The van der Waals surface area contributed by atoms with Gasteiger partial charge in [0.15, 0.2) is 5.60 Å². The number of allylic oxidation sites excluding steroid dienone is 1. The number of carbonyl (C=O) groups excluding carboxylic acids is 2. The van der Waals surface area contributed by atoms with Gasteiger partial charge in [0.05, 0.1) is 5.92 Å². The fourth-order valence-electron chi connectivity index (χ4n) is 1.77. The second-order valence-electron chi connectivity index (χ2n) is 3.30. The summed E-state index contributed by atoms with van der Waals surface area (Å²) in [6.45, 7) is 0. The molecule has 70 valence electrons. The molecular formula is C8H9NO4. The molecule has 0 radical (unpaired) electrons. The minimum absolute atomic E-state index is 0.283. The molecule has 13 heavy (non-hydrogen) atoms. The average molecular weight is 183 g/mol. The first-order chi connectivity index (χ1) is 6.06. The highest BCUT2D eigenvalue weighted by atomic mass is 16.4. The Kier molecular flexibility index (Phi) is 1.55. The molecule has 3 N–H and O–H groups in total. The number of aliphatic hydroxyl groups is 2. The predicted octanol–water partition coefficient (Wildman–Crippen LogP) is -1.69. The smallest absolute Gasteiger partial charge is 0.262 e. The SMILES string of the molecule is O=C1NC(=O)C2(O)C(O)C=CCC12. The van der Waals surface area contributed by atoms with E-state index in [9.17, 15) is 19.8 Å². The first-order valence-corrected chi connectivity index (χ1v) is 3.99. The summed E-state index contributed by atoms with van der Waals surface area (Å²) in [4.78, 5) is 22.3. The zero-order valence-electron chi connectivity index (χ0n) is 6.73. The lowest BCUT2D eigenvalue weighted by molar-refractivity contribution is -0.151. The number of carbonyl (C=O) groups is 2. The first-order valence-electron chi connectivity index (χ1n) is 3.99. The second kappa shape index (κ2) is 2.40. The van der Waals surface area contributed by atoms with Gasteiger partial charge in [-0.1, -0.05) is 12.2 Å². The van der Waals surface area contributed by atoms with Gasteiger partial charge >= 0.3 is 0 Å². The van der Waals surface area contributed by atoms with E-state index in [0.717, 1.165) is 0 Å². The van der Waals surface area contributed by atoms with Gasteiger partial charge < -0.3 is 10.2 Å². The molecule has 0 saturated carbocycles. The number of rotatable bonds is 0. The third-order valence-corrected chi connectivity index (χ3v) is 2.59. The molecule has 3 unspecified atom stereocenters. The van der Waals surface area contributed by atoms with E-state index in [2.05, 4.69) is 0 Å². The number of hydrogen-bond donors (Lipinski definition) is 3. The van der Waals surface area contributed by atoms with Gasteiger partial charge in [0.1, 0.15) is 6.10 Å². The third-order valence-electron chi connectivity index (χ3n) is 2.59. The van der Waals surface area contributed by atoms with Crippen LogP contribution in [0.2, 0.25) is 0 Å². The molecule has 5 heteroatoms. The number of aliphatic hydroxyl groups excluding tert-OH is 1. The Morgan fingerprint density at radius 2 is 2.23 bits per heavy atom. The molecule has 1 fully saturated rings. The van der Waals surface area contributed by atoms with E-state index in [1.54, 1.807) is 6.08 Å². The maximum absolute atomic E-state index is 11.2. The van der Waals surface area contributed by atoms with Gasteiger partial charge in [0.25, 0.3) is 5.91 Å². The van der Waals surface area contributed by atoms with Gasteiger partial charge in [-0.15, -0.1) is 0 Å². The van der Waals surface area contributed by atoms with Crippen molar-refractivity contribution in [1.29, 1.82) is 0 Å². The standard InChI is InChI=1S/C8H9NO4/c10-5-3-1-2-4-6(11)9-7(12)8(4,5)13/h1,3-5,10,13H,2H2,(H,9,11,12). The van der Waals surface area contributed by atoms with Gasteiger partial charge in [-0.2, -0.15) is 0 Å². The van der Waals surface area contributed by atoms with Crippen molar-refractivity contribution in [2.24, 2.45) is 5.92 Å². The summed E-state index contributed by atoms with van der Waals surface area (Å²) in [5.74, 6) is -2.17. The zero-order valence-corrected chi connectivity index (χ0v) is 6.73. The lowest BCUT2D eigenvalue weighted by Gasteiger charge is -2.31. The van der Waals surface area contributed by atoms with E-state index in [1.165, 1.54) is 6.08 Å². The molecule has 0 aromatic heterocycles. The summed E-state index contributed by atoms with van der Waals surface area (Å²) < 4.78 is 0. The molecule has 1 aliphatic heterocycles. The molecule has 1 aliphatic carbocycles. The first kappa shape index (κ1) is 8.40. The van der Waals surface area contributed by atoms with Gasteiger partial charge in [-0.25, -0.2) is 0 Å². The van der Waals surface area contributed by atoms with Gasteiger partial charge in [-0.3, -0.25) is 14.9 Å². The Morgan fingerprint density at radius 3 is 2.85 bits per heavy atom. The van der Waals surface area contributed by atoms with Gasteiger partial charge in [-0.05, 0) is 6.42 Å². The van der Waals surface area contributed by atoms with Crippen LogP contribution in [0, 0.1) is 5.92 Å². The van der Waals surface area contributed by atoms with Crippen LogP contribution in [0.15, 0.2) is 12.2 Å². The fraction of sp³-hybridized carbons (Fsp3) is 0.500. The molecule has 0 bridgehead atoms. The maximum Gasteiger partial charge on any atom is 0.262 e. The van der Waals surface area contributed by atoms with Crippen LogP contribution >= 0.6 is 0 Å². The van der Waals surface area contributed by atoms with E-state index >= 15 is 0 Å². The number of imide groups is 1. The van der Waals surface area contributed by atoms with E-state index in [1.807, 2.05) is 5.32 Å². The largest absolute Gasteiger partial charge is 0.385 e. The van der Waals surface area contributed by atoms with Crippen molar-refractivity contribution in [1.82, 2.24) is 5.32 Å². The number of amides is 2. The Hall–Kier alpha value is -1.20. The highest BCUT2D eigenvalue weighted by molar-refractivity contribution is 6.09. The third kappa shape index (κ3) is 0.882. The quantitative estimate of drug-likeness (QED) is 0.309. The molecule has 5 nitrogen and oxygen atoms in total. The Labute approximate surface area is 74.1 Å². The van der Waals surface area contributed by atoms with Crippen molar-refractivity contribution in [2.45, 2.75) is 18.1 Å². The number of hydrogen-bond acceptors (Lipinski definition) is 4. The summed E-state index contributed by atoms with van der Waals surface area (Å²) in [7, 11) is 0. The normalized spacial score (nSPS) is 43.2. The Balaban J connectivity index is 2.47. The molecule has 2 amide bonds. The van der Waals surface area contributed by atoms with Gasteiger partial charge in [0.2, 0.25) is 5.91 Å². The van der Waals surface area contributed by atoms with E-state index < -0.39 is 29.4 Å². The van der Waals surface area contributed by atoms with Crippen LogP contribution in [-0.4, -0.2) is 33.7 Å². The van der Waals surface area contributed by atoms with Gasteiger partial charge in [0, 0.05) is 0 Å². The number of fused-ring (bicyclic) bond motifs is 1. The summed E-state index contributed by atoms with van der Waals surface area (Å²) in [5.41, 5.74) is -1.95. The molecule has 0 spiro atoms. The van der Waals surface area contributed by atoms with E-state index in [4.69, 9.17) is 0 Å². The summed E-state index contributed by atoms with van der Waals surface area (Å²) in [6.07, 6.45) is 1.90. The van der Waals surface area contributed by atoms with Crippen molar-refractivity contribution in [3.63, 3.8) is 0 Å². The molecular weight excluding hydrogens is 174 g/mol. The Bertz CT molecular complexity index is 311. The fourth-order valence-corrected chi connectivity index (χ4v) is 1.77. The van der Waals surface area contributed by atoms with Crippen LogP contribution in [-0.2, 0) is 9.59 Å². The van der Waals surface area contributed by atoms with E-state index in [0.29, 0.717) is 0 Å². The van der Waals surface area contributed by atoms with Crippen molar-refractivity contribution in [2.75, 3.05) is 0 Å². The van der Waals surface area contributed by atoms with Crippen LogP contribution < -0.4 is 5.32 Å². The van der Waals surface area contributed by atoms with Crippen LogP contribution in [0.3, 0.4) is 0 Å². The van der Waals surface area contributed by atoms with Crippen molar-refractivity contribution >= 4 is 11.8 Å². The van der Waals surface area contributed by atoms with Crippen molar-refractivity contribution < 1.29 is 19.8 Å². The molecule has 3 atom stereocenters. The van der Waals surface area contributed by atoms with Crippen molar-refractivity contribution in [3.8, 4) is 0 Å². The molecule has 2 rings (SSSR count). The lowest BCUT2D eigenvalue weighted by Crippen LogP contribution is -2.53. The predicted molar refractivity (Wildman–Crippen MR) is 41.4 cm³/mol. The summed E-state index contributed by atoms with van der Waals surface area (Å²) in [6, 6.07) is 0. The summed E-state index contributed by atoms with van der Waals surface area (Å²) in [5, 5.41) is 21.2. The zero-order chi connectivity index (χ0) is 9.64. The monoisotopic (exact) mass is 183 g/mol. The Morgan fingerprint density at radius 1 is 1.54 bits per heavy atom. The number of nitrogens with one attached hydrogen (secondary N) is 1. The van der Waals surface area contributed by atoms with Crippen LogP contribution in [0.1, 0.15) is 6.42 Å². The lowest BCUT2D eigenvalue weighted by atomic mass is 9.79. The minimum Gasteiger partial charge on any atom is -0.385 e. The van der Waals surface area contributed by atoms with Crippen molar-refractivity contribution in [3.05, 3.63) is 12.2 Å². The highest BCUT2D eigenvalue weighted by Crippen LogP contribution is 2.34. The molecule has 0 aromatic carbocycles. The highest BCUT2D eigenvalue weighted by Gasteiger charge is 2.58. The molecule has 2 aliphatic rings. The molecule has 1 saturated heterocycles. The molecule has 0 aromatic rings. The maximum atomic E-state index is 11.2. The van der Waals surface area contributed by atoms with Crippen LogP contribution in [0.5, 0.6) is 0 Å². The molecule has 1 heterocycles. The van der Waals surface area contributed by atoms with Crippen LogP contribution in [0.25, 0.3) is 0 Å². The topological polar surface area (TPSA) is 86.6 Å². The summed E-state index contributed by atoms with van der Waals surface area (Å²) >= 11 is 0. The average Bonchev–Trinajstić information content (AvgIpc) is 2.29. The van der Waals surface area contributed by atoms with Crippen LogP contribution in [0.4, 0.5) is 0 Å². The van der Waals surface area contributed by atoms with E-state index in [-0.39, 0.29) is 6.42 Å².